The fourth-order valence-electron chi connectivity index (χ4n) is 2.07. The van der Waals surface area contributed by atoms with Gasteiger partial charge in [0, 0.05) is 16.2 Å². The fourth-order valence-corrected chi connectivity index (χ4v) is 2.46. The third-order valence-electron chi connectivity index (χ3n) is 3.18. The molecule has 2 amide bonds. The molecule has 2 rings (SSSR count). The third-order valence-corrected chi connectivity index (χ3v) is 3.87. The zero-order chi connectivity index (χ0) is 18.4. The summed E-state index contributed by atoms with van der Waals surface area (Å²) in [6.07, 6.45) is 0. The summed E-state index contributed by atoms with van der Waals surface area (Å²) >= 11 is 3.33. The van der Waals surface area contributed by atoms with Crippen molar-refractivity contribution in [2.24, 2.45) is 0 Å². The van der Waals surface area contributed by atoms with E-state index in [0.29, 0.717) is 5.69 Å². The van der Waals surface area contributed by atoms with E-state index in [1.807, 2.05) is 6.07 Å². The molecule has 0 bridgehead atoms. The minimum atomic E-state index is -1.04. The Morgan fingerprint density at radius 3 is 2.28 bits per heavy atom. The number of nitrogens with zero attached hydrogens (tertiary/aromatic N) is 1. The first kappa shape index (κ1) is 19.0. The summed E-state index contributed by atoms with van der Waals surface area (Å²) in [5.41, 5.74) is 0.780. The number of nitrogens with one attached hydrogen (secondary N) is 2. The molecule has 2 aromatic rings. The Labute approximate surface area is 152 Å². The van der Waals surface area contributed by atoms with Gasteiger partial charge in [-0.2, -0.15) is 0 Å². The van der Waals surface area contributed by atoms with Gasteiger partial charge >= 0.3 is 0 Å². The van der Waals surface area contributed by atoms with Gasteiger partial charge in [0.25, 0.3) is 0 Å². The van der Waals surface area contributed by atoms with Gasteiger partial charge in [-0.25, -0.2) is 8.78 Å². The molecule has 0 spiro atoms. The van der Waals surface area contributed by atoms with Crippen LogP contribution < -0.4 is 10.6 Å². The third kappa shape index (κ3) is 5.91. The first-order valence-corrected chi connectivity index (χ1v) is 8.12. The van der Waals surface area contributed by atoms with Crippen molar-refractivity contribution in [3.8, 4) is 0 Å². The van der Waals surface area contributed by atoms with Crippen molar-refractivity contribution in [2.45, 2.75) is 0 Å². The molecule has 2 N–H and O–H groups in total. The number of anilines is 2. The SMILES string of the molecule is CN(CC(=O)Nc1ccc(F)c(F)c1)CC(=O)Nc1ccccc1Br. The highest BCUT2D eigenvalue weighted by molar-refractivity contribution is 9.10. The Morgan fingerprint density at radius 1 is 1.00 bits per heavy atom. The second-order valence-electron chi connectivity index (χ2n) is 5.38. The number of carbonyl (C=O) groups excluding carboxylic acids is 2. The number of amides is 2. The maximum absolute atomic E-state index is 13.1. The molecule has 0 saturated heterocycles. The summed E-state index contributed by atoms with van der Waals surface area (Å²) < 4.78 is 26.7. The molecule has 0 heterocycles. The van der Waals surface area contributed by atoms with Gasteiger partial charge in [0.05, 0.1) is 18.8 Å². The van der Waals surface area contributed by atoms with Crippen molar-refractivity contribution < 1.29 is 18.4 Å². The van der Waals surface area contributed by atoms with Gasteiger partial charge in [-0.1, -0.05) is 12.1 Å². The lowest BCUT2D eigenvalue weighted by Gasteiger charge is -2.16. The topological polar surface area (TPSA) is 61.4 Å². The van der Waals surface area contributed by atoms with E-state index in [9.17, 15) is 18.4 Å². The zero-order valence-corrected chi connectivity index (χ0v) is 14.9. The van der Waals surface area contributed by atoms with E-state index in [4.69, 9.17) is 0 Å². The Morgan fingerprint density at radius 2 is 1.64 bits per heavy atom. The zero-order valence-electron chi connectivity index (χ0n) is 13.4. The minimum absolute atomic E-state index is 0.00741. The van der Waals surface area contributed by atoms with Crippen LogP contribution in [0.4, 0.5) is 20.2 Å². The molecule has 0 atom stereocenters. The largest absolute Gasteiger partial charge is 0.325 e. The number of hydrogen-bond acceptors (Lipinski definition) is 3. The van der Waals surface area contributed by atoms with Crippen LogP contribution in [0.3, 0.4) is 0 Å². The number of para-hydroxylation sites is 1. The van der Waals surface area contributed by atoms with Gasteiger partial charge in [0.1, 0.15) is 0 Å². The van der Waals surface area contributed by atoms with Crippen LogP contribution in [0.2, 0.25) is 0 Å². The first-order valence-electron chi connectivity index (χ1n) is 7.33. The maximum Gasteiger partial charge on any atom is 0.238 e. The number of likely N-dealkylation sites (N-methyl/N-ethyl adjacent to an activating group) is 1. The molecule has 0 unspecified atom stereocenters. The van der Waals surface area contributed by atoms with Gasteiger partial charge in [-0.05, 0) is 47.2 Å². The van der Waals surface area contributed by atoms with Crippen molar-refractivity contribution in [2.75, 3.05) is 30.8 Å². The number of benzene rings is 2. The summed E-state index contributed by atoms with van der Waals surface area (Å²) in [5, 5.41) is 5.17. The molecule has 25 heavy (non-hydrogen) atoms. The molecule has 132 valence electrons. The lowest BCUT2D eigenvalue weighted by molar-refractivity contribution is -0.119. The van der Waals surface area contributed by atoms with Crippen LogP contribution in [0.25, 0.3) is 0 Å². The van der Waals surface area contributed by atoms with Crippen LogP contribution in [-0.2, 0) is 9.59 Å². The molecule has 8 heteroatoms. The average Bonchev–Trinajstić information content (AvgIpc) is 2.52. The second kappa shape index (κ2) is 8.68. The Balaban J connectivity index is 1.83. The molecule has 0 saturated carbocycles. The molecule has 0 radical (unpaired) electrons. The Bertz CT molecular complexity index is 786. The molecule has 0 aliphatic heterocycles. The van der Waals surface area contributed by atoms with Gasteiger partial charge in [0.15, 0.2) is 11.6 Å². The summed E-state index contributed by atoms with van der Waals surface area (Å²) in [5.74, 6) is -2.75. The van der Waals surface area contributed by atoms with E-state index in [2.05, 4.69) is 26.6 Å². The van der Waals surface area contributed by atoms with Gasteiger partial charge < -0.3 is 10.6 Å². The van der Waals surface area contributed by atoms with E-state index in [0.717, 1.165) is 16.6 Å². The summed E-state index contributed by atoms with van der Waals surface area (Å²) in [6.45, 7) is -0.0884. The van der Waals surface area contributed by atoms with Crippen LogP contribution in [0.15, 0.2) is 46.9 Å². The second-order valence-corrected chi connectivity index (χ2v) is 6.23. The van der Waals surface area contributed by atoms with E-state index >= 15 is 0 Å². The predicted octanol–water partition coefficient (Wildman–Crippen LogP) is 3.24. The van der Waals surface area contributed by atoms with Gasteiger partial charge in [-0.3, -0.25) is 14.5 Å². The first-order chi connectivity index (χ1) is 11.8. The van der Waals surface area contributed by atoms with E-state index in [1.165, 1.54) is 11.0 Å². The molecule has 0 fully saturated rings. The van der Waals surface area contributed by atoms with Crippen LogP contribution in [0.1, 0.15) is 0 Å². The van der Waals surface area contributed by atoms with Gasteiger partial charge in [0.2, 0.25) is 11.8 Å². The minimum Gasteiger partial charge on any atom is -0.325 e. The molecule has 2 aromatic carbocycles. The van der Waals surface area contributed by atoms with E-state index in [-0.39, 0.29) is 24.7 Å². The number of hydrogen-bond donors (Lipinski definition) is 2. The van der Waals surface area contributed by atoms with Crippen molar-refractivity contribution in [1.82, 2.24) is 4.90 Å². The Hall–Kier alpha value is -2.32. The Kier molecular flexibility index (Phi) is 6.60. The van der Waals surface area contributed by atoms with E-state index in [1.54, 1.807) is 25.2 Å². The quantitative estimate of drug-likeness (QED) is 0.766. The van der Waals surface area contributed by atoms with Crippen molar-refractivity contribution >= 4 is 39.1 Å². The van der Waals surface area contributed by atoms with Crippen molar-refractivity contribution in [3.63, 3.8) is 0 Å². The van der Waals surface area contributed by atoms with Crippen molar-refractivity contribution in [1.29, 1.82) is 0 Å². The number of carbonyl (C=O) groups is 2. The lowest BCUT2D eigenvalue weighted by atomic mass is 10.3. The number of rotatable bonds is 6. The van der Waals surface area contributed by atoms with Gasteiger partial charge in [-0.15, -0.1) is 0 Å². The normalized spacial score (nSPS) is 10.6. The highest BCUT2D eigenvalue weighted by Gasteiger charge is 2.13. The van der Waals surface area contributed by atoms with Crippen LogP contribution in [0, 0.1) is 11.6 Å². The molecule has 0 aromatic heterocycles. The summed E-state index contributed by atoms with van der Waals surface area (Å²) in [6, 6.07) is 10.3. The highest BCUT2D eigenvalue weighted by atomic mass is 79.9. The standard InChI is InChI=1S/C17H16BrF2N3O2/c1-23(10-17(25)22-15-5-3-2-4-12(15)18)9-16(24)21-11-6-7-13(19)14(20)8-11/h2-8H,9-10H2,1H3,(H,21,24)(H,22,25). The molecule has 5 nitrogen and oxygen atoms in total. The predicted molar refractivity (Wildman–Crippen MR) is 95.3 cm³/mol. The summed E-state index contributed by atoms with van der Waals surface area (Å²) in [4.78, 5) is 25.4. The van der Waals surface area contributed by atoms with Crippen LogP contribution in [0.5, 0.6) is 0 Å². The summed E-state index contributed by atoms with van der Waals surface area (Å²) in [7, 11) is 1.60. The average molecular weight is 412 g/mol. The monoisotopic (exact) mass is 411 g/mol. The van der Waals surface area contributed by atoms with Crippen LogP contribution >= 0.6 is 15.9 Å². The van der Waals surface area contributed by atoms with Crippen molar-refractivity contribution in [3.05, 3.63) is 58.6 Å². The maximum atomic E-state index is 13.1. The molecular weight excluding hydrogens is 396 g/mol. The molecule has 0 aliphatic rings. The van der Waals surface area contributed by atoms with E-state index < -0.39 is 17.5 Å². The number of halogens is 3. The smallest absolute Gasteiger partial charge is 0.238 e. The molecular formula is C17H16BrF2N3O2. The lowest BCUT2D eigenvalue weighted by Crippen LogP contribution is -2.36. The molecule has 0 aliphatic carbocycles. The highest BCUT2D eigenvalue weighted by Crippen LogP contribution is 2.21. The van der Waals surface area contributed by atoms with Crippen LogP contribution in [-0.4, -0.2) is 36.9 Å². The fraction of sp³-hybridized carbons (Fsp3) is 0.176.